The third kappa shape index (κ3) is 6.25. The first kappa shape index (κ1) is 17.5. The van der Waals surface area contributed by atoms with Crippen LogP contribution in [-0.4, -0.2) is 36.5 Å². The highest BCUT2D eigenvalue weighted by atomic mass is 16.2. The van der Waals surface area contributed by atoms with Crippen LogP contribution >= 0.6 is 0 Å². The summed E-state index contributed by atoms with van der Waals surface area (Å²) >= 11 is 0. The normalized spacial score (nSPS) is 23.6. The average Bonchev–Trinajstić information content (AvgIpc) is 2.35. The van der Waals surface area contributed by atoms with Crippen LogP contribution in [0.5, 0.6) is 0 Å². The lowest BCUT2D eigenvalue weighted by Crippen LogP contribution is -2.52. The third-order valence-corrected chi connectivity index (χ3v) is 3.98. The van der Waals surface area contributed by atoms with Crippen LogP contribution in [0, 0.1) is 17.8 Å². The van der Waals surface area contributed by atoms with Gasteiger partial charge in [-0.1, -0.05) is 41.0 Å². The van der Waals surface area contributed by atoms with Crippen molar-refractivity contribution in [2.75, 3.05) is 19.6 Å². The first-order chi connectivity index (χ1) is 9.42. The summed E-state index contributed by atoms with van der Waals surface area (Å²) in [6.45, 7) is 13.9. The number of piperidine rings is 1. The SMILES string of the molecule is CCCC1CC(NCC(C)C)CN(C(=O)CC(C)C)C1. The Kier molecular flexibility index (Phi) is 7.57. The van der Waals surface area contributed by atoms with E-state index in [4.69, 9.17) is 0 Å². The van der Waals surface area contributed by atoms with Gasteiger partial charge < -0.3 is 10.2 Å². The zero-order valence-corrected chi connectivity index (χ0v) is 14.1. The van der Waals surface area contributed by atoms with Crippen molar-refractivity contribution >= 4 is 5.91 Å². The fraction of sp³-hybridized carbons (Fsp3) is 0.941. The monoisotopic (exact) mass is 282 g/mol. The van der Waals surface area contributed by atoms with Gasteiger partial charge in [0.15, 0.2) is 0 Å². The van der Waals surface area contributed by atoms with Crippen molar-refractivity contribution in [3.63, 3.8) is 0 Å². The summed E-state index contributed by atoms with van der Waals surface area (Å²) in [6.07, 6.45) is 4.38. The molecule has 0 bridgehead atoms. The molecule has 1 rings (SSSR count). The number of likely N-dealkylation sites (tertiary alicyclic amines) is 1. The summed E-state index contributed by atoms with van der Waals surface area (Å²) in [7, 11) is 0. The van der Waals surface area contributed by atoms with Crippen LogP contribution in [0.4, 0.5) is 0 Å². The van der Waals surface area contributed by atoms with Crippen molar-refractivity contribution in [1.29, 1.82) is 0 Å². The van der Waals surface area contributed by atoms with Gasteiger partial charge in [0.25, 0.3) is 0 Å². The highest BCUT2D eigenvalue weighted by Crippen LogP contribution is 2.22. The Morgan fingerprint density at radius 2 is 1.90 bits per heavy atom. The molecule has 0 aliphatic carbocycles. The number of nitrogens with one attached hydrogen (secondary N) is 1. The zero-order valence-electron chi connectivity index (χ0n) is 14.1. The van der Waals surface area contributed by atoms with E-state index in [9.17, 15) is 4.79 Å². The minimum absolute atomic E-state index is 0.345. The van der Waals surface area contributed by atoms with E-state index in [0.29, 0.717) is 36.1 Å². The van der Waals surface area contributed by atoms with Gasteiger partial charge in [-0.2, -0.15) is 0 Å². The molecule has 0 aromatic rings. The molecule has 3 nitrogen and oxygen atoms in total. The van der Waals surface area contributed by atoms with E-state index in [-0.39, 0.29) is 0 Å². The Balaban J connectivity index is 2.57. The second-order valence-electron chi connectivity index (χ2n) is 7.29. The van der Waals surface area contributed by atoms with Crippen LogP contribution in [0.25, 0.3) is 0 Å². The van der Waals surface area contributed by atoms with Crippen molar-refractivity contribution in [1.82, 2.24) is 10.2 Å². The number of carbonyl (C=O) groups is 1. The molecule has 0 aromatic carbocycles. The summed E-state index contributed by atoms with van der Waals surface area (Å²) in [5, 5.41) is 3.65. The number of hydrogen-bond acceptors (Lipinski definition) is 2. The topological polar surface area (TPSA) is 32.3 Å². The summed E-state index contributed by atoms with van der Waals surface area (Å²) in [6, 6.07) is 0.485. The lowest BCUT2D eigenvalue weighted by atomic mass is 9.90. The number of nitrogens with zero attached hydrogens (tertiary/aromatic N) is 1. The molecule has 0 aromatic heterocycles. The molecule has 1 aliphatic heterocycles. The molecule has 1 N–H and O–H groups in total. The highest BCUT2D eigenvalue weighted by Gasteiger charge is 2.29. The molecule has 0 spiro atoms. The number of amides is 1. The maximum absolute atomic E-state index is 12.3. The minimum Gasteiger partial charge on any atom is -0.341 e. The highest BCUT2D eigenvalue weighted by molar-refractivity contribution is 5.76. The summed E-state index contributed by atoms with van der Waals surface area (Å²) in [5.74, 6) is 2.14. The number of rotatable bonds is 7. The molecule has 3 heteroatoms. The average molecular weight is 282 g/mol. The lowest BCUT2D eigenvalue weighted by Gasteiger charge is -2.39. The van der Waals surface area contributed by atoms with Crippen molar-refractivity contribution in [3.8, 4) is 0 Å². The van der Waals surface area contributed by atoms with E-state index in [0.717, 1.165) is 19.6 Å². The van der Waals surface area contributed by atoms with Gasteiger partial charge in [0.1, 0.15) is 0 Å². The maximum atomic E-state index is 12.3. The van der Waals surface area contributed by atoms with Gasteiger partial charge >= 0.3 is 0 Å². The van der Waals surface area contributed by atoms with Crippen LogP contribution in [0.15, 0.2) is 0 Å². The molecular formula is C17H34N2O. The smallest absolute Gasteiger partial charge is 0.222 e. The molecule has 1 aliphatic rings. The van der Waals surface area contributed by atoms with Crippen molar-refractivity contribution in [2.45, 2.75) is 66.3 Å². The van der Waals surface area contributed by atoms with Crippen LogP contribution in [0.2, 0.25) is 0 Å². The fourth-order valence-electron chi connectivity index (χ4n) is 3.05. The zero-order chi connectivity index (χ0) is 15.1. The van der Waals surface area contributed by atoms with Crippen LogP contribution in [0.3, 0.4) is 0 Å². The molecule has 118 valence electrons. The molecule has 20 heavy (non-hydrogen) atoms. The van der Waals surface area contributed by atoms with E-state index < -0.39 is 0 Å². The quantitative estimate of drug-likeness (QED) is 0.777. The van der Waals surface area contributed by atoms with Crippen molar-refractivity contribution < 1.29 is 4.79 Å². The summed E-state index contributed by atoms with van der Waals surface area (Å²) < 4.78 is 0. The Bertz CT molecular complexity index is 289. The van der Waals surface area contributed by atoms with Gasteiger partial charge in [-0.25, -0.2) is 0 Å². The van der Waals surface area contributed by atoms with Gasteiger partial charge in [0.2, 0.25) is 5.91 Å². The Morgan fingerprint density at radius 3 is 2.45 bits per heavy atom. The van der Waals surface area contributed by atoms with Crippen LogP contribution in [0.1, 0.15) is 60.3 Å². The fourth-order valence-corrected chi connectivity index (χ4v) is 3.05. The molecule has 2 unspecified atom stereocenters. The van der Waals surface area contributed by atoms with E-state index >= 15 is 0 Å². The molecule has 1 fully saturated rings. The van der Waals surface area contributed by atoms with Gasteiger partial charge in [0.05, 0.1) is 0 Å². The molecule has 1 amide bonds. The standard InChI is InChI=1S/C17H34N2O/c1-6-7-15-9-16(18-10-14(4)5)12-19(11-15)17(20)8-13(2)3/h13-16,18H,6-12H2,1-5H3. The van der Waals surface area contributed by atoms with Crippen molar-refractivity contribution in [3.05, 3.63) is 0 Å². The van der Waals surface area contributed by atoms with E-state index in [1.807, 2.05) is 0 Å². The minimum atomic E-state index is 0.345. The summed E-state index contributed by atoms with van der Waals surface area (Å²) in [5.41, 5.74) is 0. The first-order valence-electron chi connectivity index (χ1n) is 8.43. The largest absolute Gasteiger partial charge is 0.341 e. The Hall–Kier alpha value is -0.570. The van der Waals surface area contributed by atoms with Gasteiger partial charge in [0, 0.05) is 25.6 Å². The second-order valence-corrected chi connectivity index (χ2v) is 7.29. The number of hydrogen-bond donors (Lipinski definition) is 1. The first-order valence-corrected chi connectivity index (χ1v) is 8.43. The third-order valence-electron chi connectivity index (χ3n) is 3.98. The second kappa shape index (κ2) is 8.66. The molecular weight excluding hydrogens is 248 g/mol. The summed E-state index contributed by atoms with van der Waals surface area (Å²) in [4.78, 5) is 14.5. The van der Waals surface area contributed by atoms with E-state index in [2.05, 4.69) is 44.8 Å². The molecule has 2 atom stereocenters. The Labute approximate surface area is 125 Å². The number of carbonyl (C=O) groups excluding carboxylic acids is 1. The molecule has 1 saturated heterocycles. The maximum Gasteiger partial charge on any atom is 0.222 e. The Morgan fingerprint density at radius 1 is 1.20 bits per heavy atom. The van der Waals surface area contributed by atoms with Gasteiger partial charge in [-0.3, -0.25) is 4.79 Å². The predicted molar refractivity (Wildman–Crippen MR) is 85.7 cm³/mol. The molecule has 1 heterocycles. The predicted octanol–water partition coefficient (Wildman–Crippen LogP) is 3.30. The van der Waals surface area contributed by atoms with Crippen LogP contribution in [-0.2, 0) is 4.79 Å². The van der Waals surface area contributed by atoms with Crippen LogP contribution < -0.4 is 5.32 Å². The van der Waals surface area contributed by atoms with Gasteiger partial charge in [-0.05, 0) is 37.1 Å². The lowest BCUT2D eigenvalue weighted by molar-refractivity contribution is -0.134. The van der Waals surface area contributed by atoms with Crippen molar-refractivity contribution in [2.24, 2.45) is 17.8 Å². The van der Waals surface area contributed by atoms with Gasteiger partial charge in [-0.15, -0.1) is 0 Å². The van der Waals surface area contributed by atoms with E-state index in [1.54, 1.807) is 0 Å². The molecule has 0 saturated carbocycles. The van der Waals surface area contributed by atoms with E-state index in [1.165, 1.54) is 19.3 Å². The molecule has 0 radical (unpaired) electrons.